The van der Waals surface area contributed by atoms with Crippen LogP contribution in [-0.2, 0) is 16.1 Å². The van der Waals surface area contributed by atoms with Crippen LogP contribution in [0.1, 0.15) is 74.1 Å². The van der Waals surface area contributed by atoms with Gasteiger partial charge in [0.15, 0.2) is 0 Å². The second kappa shape index (κ2) is 8.17. The fourth-order valence-electron chi connectivity index (χ4n) is 5.10. The number of ether oxygens (including phenoxy) is 1. The maximum Gasteiger partial charge on any atom is 0.315 e. The summed E-state index contributed by atoms with van der Waals surface area (Å²) < 4.78 is 8.10. The summed E-state index contributed by atoms with van der Waals surface area (Å²) >= 11 is 0. The van der Waals surface area contributed by atoms with Crippen molar-refractivity contribution < 1.29 is 14.3 Å². The van der Waals surface area contributed by atoms with E-state index in [1.165, 1.54) is 6.42 Å². The van der Waals surface area contributed by atoms with Crippen LogP contribution in [0.2, 0.25) is 0 Å². The topological polar surface area (TPSA) is 48.3 Å². The molecule has 4 nitrogen and oxygen atoms in total. The Hall–Kier alpha value is -2.36. The maximum absolute atomic E-state index is 13.1. The van der Waals surface area contributed by atoms with Crippen LogP contribution in [0.15, 0.2) is 42.5 Å². The van der Waals surface area contributed by atoms with E-state index in [1.807, 2.05) is 47.0 Å². The summed E-state index contributed by atoms with van der Waals surface area (Å²) in [5, 5.41) is 0. The number of hydrogen-bond donors (Lipinski definition) is 0. The first-order chi connectivity index (χ1) is 14.0. The largest absolute Gasteiger partial charge is 0.462 e. The molecule has 29 heavy (non-hydrogen) atoms. The average molecular weight is 394 g/mol. The van der Waals surface area contributed by atoms with Crippen molar-refractivity contribution in [2.24, 2.45) is 17.8 Å². The van der Waals surface area contributed by atoms with Crippen LogP contribution in [0, 0.1) is 17.8 Å². The zero-order chi connectivity index (χ0) is 20.5. The Morgan fingerprint density at radius 3 is 2.52 bits per heavy atom. The van der Waals surface area contributed by atoms with Crippen molar-refractivity contribution in [2.75, 3.05) is 0 Å². The second-order valence-electron chi connectivity index (χ2n) is 9.13. The molecule has 1 aliphatic heterocycles. The van der Waals surface area contributed by atoms with Crippen LogP contribution in [0.25, 0.3) is 0 Å². The highest BCUT2D eigenvalue weighted by Gasteiger charge is 2.38. The number of aromatic nitrogens is 1. The van der Waals surface area contributed by atoms with E-state index in [-0.39, 0.29) is 23.8 Å². The molecule has 2 aliphatic rings. The molecule has 2 aromatic rings. The second-order valence-corrected chi connectivity index (χ2v) is 9.13. The normalized spacial score (nSPS) is 26.3. The van der Waals surface area contributed by atoms with Gasteiger partial charge in [-0.2, -0.15) is 0 Å². The summed E-state index contributed by atoms with van der Waals surface area (Å²) in [4.78, 5) is 26.0. The SMILES string of the molecule is CC1CCC(C(C)C)C(OC(=O)C2CCn3c(C(=O)c4ccccc4)ccc32)C1. The van der Waals surface area contributed by atoms with Gasteiger partial charge in [0, 0.05) is 17.8 Å². The molecular formula is C25H31NO3. The van der Waals surface area contributed by atoms with E-state index >= 15 is 0 Å². The predicted octanol–water partition coefficient (Wildman–Crippen LogP) is 5.21. The summed E-state index contributed by atoms with van der Waals surface area (Å²) in [5.74, 6) is 1.18. The van der Waals surface area contributed by atoms with Crippen molar-refractivity contribution in [2.45, 2.75) is 65.0 Å². The monoisotopic (exact) mass is 393 g/mol. The van der Waals surface area contributed by atoms with Crippen LogP contribution in [0.4, 0.5) is 0 Å². The molecule has 154 valence electrons. The van der Waals surface area contributed by atoms with Gasteiger partial charge < -0.3 is 9.30 Å². The molecule has 1 aromatic heterocycles. The number of fused-ring (bicyclic) bond motifs is 1. The molecule has 1 aliphatic carbocycles. The van der Waals surface area contributed by atoms with Crippen LogP contribution < -0.4 is 0 Å². The van der Waals surface area contributed by atoms with Crippen molar-refractivity contribution in [1.82, 2.24) is 4.57 Å². The fourth-order valence-corrected chi connectivity index (χ4v) is 5.10. The van der Waals surface area contributed by atoms with E-state index in [4.69, 9.17) is 4.74 Å². The standard InChI is InChI=1S/C25H31NO3/c1-16(2)19-10-9-17(3)15-23(19)29-25(28)20-13-14-26-21(20)11-12-22(26)24(27)18-7-5-4-6-8-18/h4-8,11-12,16-17,19-20,23H,9-10,13-15H2,1-3H3. The molecule has 0 bridgehead atoms. The molecule has 2 heterocycles. The third-order valence-corrected chi connectivity index (χ3v) is 6.79. The Labute approximate surface area is 173 Å². The van der Waals surface area contributed by atoms with Gasteiger partial charge in [0.2, 0.25) is 5.78 Å². The Morgan fingerprint density at radius 1 is 1.03 bits per heavy atom. The van der Waals surface area contributed by atoms with E-state index in [9.17, 15) is 9.59 Å². The average Bonchev–Trinajstić information content (AvgIpc) is 3.30. The summed E-state index contributed by atoms with van der Waals surface area (Å²) in [6, 6.07) is 13.1. The van der Waals surface area contributed by atoms with E-state index in [0.717, 1.165) is 18.5 Å². The van der Waals surface area contributed by atoms with Gasteiger partial charge in [-0.3, -0.25) is 9.59 Å². The summed E-state index contributed by atoms with van der Waals surface area (Å²) in [6.07, 6.45) is 4.03. The summed E-state index contributed by atoms with van der Waals surface area (Å²) in [6.45, 7) is 7.39. The van der Waals surface area contributed by atoms with Gasteiger partial charge in [0.05, 0.1) is 11.6 Å². The number of benzene rings is 1. The number of nitrogens with zero attached hydrogens (tertiary/aromatic N) is 1. The zero-order valence-corrected chi connectivity index (χ0v) is 17.6. The lowest BCUT2D eigenvalue weighted by molar-refractivity contribution is -0.157. The van der Waals surface area contributed by atoms with Crippen molar-refractivity contribution in [3.8, 4) is 0 Å². The van der Waals surface area contributed by atoms with Gasteiger partial charge in [0.25, 0.3) is 0 Å². The van der Waals surface area contributed by atoms with E-state index < -0.39 is 0 Å². The van der Waals surface area contributed by atoms with Gasteiger partial charge in [0.1, 0.15) is 6.10 Å². The van der Waals surface area contributed by atoms with E-state index in [2.05, 4.69) is 20.8 Å². The Kier molecular flexibility index (Phi) is 5.62. The number of ketones is 1. The summed E-state index contributed by atoms with van der Waals surface area (Å²) in [5.41, 5.74) is 2.25. The number of carbonyl (C=O) groups is 2. The molecule has 4 heteroatoms. The van der Waals surface area contributed by atoms with Crippen molar-refractivity contribution in [3.63, 3.8) is 0 Å². The molecule has 0 spiro atoms. The molecule has 4 rings (SSSR count). The molecule has 0 N–H and O–H groups in total. The number of esters is 1. The van der Waals surface area contributed by atoms with Crippen molar-refractivity contribution in [1.29, 1.82) is 0 Å². The molecule has 1 saturated carbocycles. The lowest BCUT2D eigenvalue weighted by Gasteiger charge is -2.37. The Balaban J connectivity index is 1.50. The number of carbonyl (C=O) groups excluding carboxylic acids is 2. The van der Waals surface area contributed by atoms with E-state index in [0.29, 0.717) is 42.0 Å². The molecule has 0 saturated heterocycles. The number of rotatable bonds is 5. The predicted molar refractivity (Wildman–Crippen MR) is 113 cm³/mol. The van der Waals surface area contributed by atoms with Crippen LogP contribution in [0.5, 0.6) is 0 Å². The molecule has 0 radical (unpaired) electrons. The third kappa shape index (κ3) is 3.90. The van der Waals surface area contributed by atoms with Gasteiger partial charge >= 0.3 is 5.97 Å². The highest BCUT2D eigenvalue weighted by atomic mass is 16.5. The first-order valence-corrected chi connectivity index (χ1v) is 11.0. The maximum atomic E-state index is 13.1. The van der Waals surface area contributed by atoms with Crippen LogP contribution in [0.3, 0.4) is 0 Å². The molecule has 1 fully saturated rings. The zero-order valence-electron chi connectivity index (χ0n) is 17.6. The highest BCUT2D eigenvalue weighted by molar-refractivity contribution is 6.08. The van der Waals surface area contributed by atoms with Gasteiger partial charge in [-0.25, -0.2) is 0 Å². The van der Waals surface area contributed by atoms with Crippen LogP contribution >= 0.6 is 0 Å². The number of hydrogen-bond acceptors (Lipinski definition) is 3. The minimum Gasteiger partial charge on any atom is -0.462 e. The summed E-state index contributed by atoms with van der Waals surface area (Å²) in [7, 11) is 0. The minimum absolute atomic E-state index is 0.00634. The first-order valence-electron chi connectivity index (χ1n) is 11.0. The lowest BCUT2D eigenvalue weighted by atomic mass is 9.75. The molecule has 4 atom stereocenters. The third-order valence-electron chi connectivity index (χ3n) is 6.79. The minimum atomic E-state index is -0.266. The quantitative estimate of drug-likeness (QED) is 0.517. The van der Waals surface area contributed by atoms with Crippen molar-refractivity contribution >= 4 is 11.8 Å². The Morgan fingerprint density at radius 2 is 1.79 bits per heavy atom. The molecule has 4 unspecified atom stereocenters. The molecule has 0 amide bonds. The Bertz CT molecular complexity index is 883. The molecule has 1 aromatic carbocycles. The lowest BCUT2D eigenvalue weighted by Crippen LogP contribution is -2.36. The van der Waals surface area contributed by atoms with Gasteiger partial charge in [-0.05, 0) is 49.1 Å². The van der Waals surface area contributed by atoms with Crippen LogP contribution in [-0.4, -0.2) is 22.4 Å². The van der Waals surface area contributed by atoms with Crippen molar-refractivity contribution in [3.05, 3.63) is 59.4 Å². The van der Waals surface area contributed by atoms with Gasteiger partial charge in [-0.15, -0.1) is 0 Å². The van der Waals surface area contributed by atoms with E-state index in [1.54, 1.807) is 0 Å². The fraction of sp³-hybridized carbons (Fsp3) is 0.520. The molecular weight excluding hydrogens is 362 g/mol. The smallest absolute Gasteiger partial charge is 0.315 e. The first kappa shape index (κ1) is 19.9. The highest BCUT2D eigenvalue weighted by Crippen LogP contribution is 2.38. The van der Waals surface area contributed by atoms with Gasteiger partial charge in [-0.1, -0.05) is 57.5 Å².